The maximum absolute atomic E-state index is 13.7. The number of hydrogen-bond acceptors (Lipinski definition) is 13. The first-order valence-corrected chi connectivity index (χ1v) is 18.5. The molecule has 0 saturated carbocycles. The highest BCUT2D eigenvalue weighted by molar-refractivity contribution is 5.97. The quantitative estimate of drug-likeness (QED) is 0.0382. The number of carbonyl (C=O) groups excluding carboxylic acids is 6. The number of imidazole rings is 1. The Morgan fingerprint density at radius 3 is 1.93 bits per heavy atom. The smallest absolute Gasteiger partial charge is 0.326 e. The summed E-state index contributed by atoms with van der Waals surface area (Å²) in [5, 5.41) is 52.2. The molecular weight excluding hydrogens is 780 g/mol. The molecule has 1 aromatic carbocycles. The number of aliphatic carboxylic acids is 3. The summed E-state index contributed by atoms with van der Waals surface area (Å²) < 4.78 is 0. The summed E-state index contributed by atoms with van der Waals surface area (Å²) in [7, 11) is 0. The molecule has 2 aromatic rings. The molecule has 324 valence electrons. The van der Waals surface area contributed by atoms with Crippen LogP contribution in [0.15, 0.2) is 42.9 Å². The van der Waals surface area contributed by atoms with Crippen LogP contribution in [0.2, 0.25) is 0 Å². The van der Waals surface area contributed by atoms with E-state index in [-0.39, 0.29) is 37.9 Å². The van der Waals surface area contributed by atoms with E-state index in [1.165, 1.54) is 12.5 Å². The van der Waals surface area contributed by atoms with E-state index < -0.39 is 122 Å². The molecule has 0 aliphatic rings. The summed E-state index contributed by atoms with van der Waals surface area (Å²) in [4.78, 5) is 120. The van der Waals surface area contributed by atoms with Gasteiger partial charge in [0.15, 0.2) is 0 Å². The number of aromatic nitrogens is 2. The third-order valence-corrected chi connectivity index (χ3v) is 8.59. The zero-order valence-electron chi connectivity index (χ0n) is 32.2. The van der Waals surface area contributed by atoms with Crippen molar-refractivity contribution >= 4 is 53.4 Å². The second kappa shape index (κ2) is 25.0. The molecule has 15 N–H and O–H groups in total. The number of aliphatic hydroxyl groups excluding tert-OH is 1. The summed E-state index contributed by atoms with van der Waals surface area (Å²) in [6.07, 6.45) is -0.603. The van der Waals surface area contributed by atoms with Crippen LogP contribution in [-0.4, -0.2) is 139 Å². The predicted molar refractivity (Wildman–Crippen MR) is 204 cm³/mol. The van der Waals surface area contributed by atoms with Crippen molar-refractivity contribution in [3.05, 3.63) is 54.1 Å². The fourth-order valence-electron chi connectivity index (χ4n) is 5.46. The molecule has 6 amide bonds. The van der Waals surface area contributed by atoms with Gasteiger partial charge in [-0.3, -0.25) is 38.4 Å². The topological polar surface area (TPSA) is 387 Å². The van der Waals surface area contributed by atoms with Crippen molar-refractivity contribution in [1.82, 2.24) is 41.9 Å². The molecule has 0 fully saturated rings. The summed E-state index contributed by atoms with van der Waals surface area (Å²) in [6, 6.07) is -0.455. The van der Waals surface area contributed by atoms with E-state index >= 15 is 0 Å². The molecule has 23 heteroatoms. The van der Waals surface area contributed by atoms with Gasteiger partial charge in [-0.1, -0.05) is 30.3 Å². The Bertz CT molecular complexity index is 1740. The minimum atomic E-state index is -1.79. The molecule has 1 aromatic heterocycles. The molecule has 0 spiro atoms. The van der Waals surface area contributed by atoms with Gasteiger partial charge in [0.05, 0.1) is 37.1 Å². The van der Waals surface area contributed by atoms with Crippen LogP contribution in [-0.2, 0) is 56.0 Å². The molecule has 7 atom stereocenters. The van der Waals surface area contributed by atoms with Crippen molar-refractivity contribution in [2.24, 2.45) is 11.5 Å². The fourth-order valence-corrected chi connectivity index (χ4v) is 5.46. The normalized spacial score (nSPS) is 14.4. The number of rotatable bonds is 27. The van der Waals surface area contributed by atoms with Gasteiger partial charge < -0.3 is 68.8 Å². The number of nitrogens with two attached hydrogens (primary N) is 2. The van der Waals surface area contributed by atoms with Crippen molar-refractivity contribution in [3.63, 3.8) is 0 Å². The molecular formula is C36H52N10O13. The van der Waals surface area contributed by atoms with Gasteiger partial charge in [0.1, 0.15) is 30.2 Å². The lowest BCUT2D eigenvalue weighted by Crippen LogP contribution is -2.61. The highest BCUT2D eigenvalue weighted by Gasteiger charge is 2.35. The van der Waals surface area contributed by atoms with Gasteiger partial charge in [0.2, 0.25) is 35.4 Å². The Kier molecular flexibility index (Phi) is 20.6. The van der Waals surface area contributed by atoms with E-state index in [9.17, 15) is 58.5 Å². The van der Waals surface area contributed by atoms with Gasteiger partial charge in [-0.25, -0.2) is 9.78 Å². The first-order valence-electron chi connectivity index (χ1n) is 18.5. The highest BCUT2D eigenvalue weighted by atomic mass is 16.4. The molecule has 0 radical (unpaired) electrons. The predicted octanol–water partition coefficient (Wildman–Crippen LogP) is -4.00. The Morgan fingerprint density at radius 1 is 0.729 bits per heavy atom. The summed E-state index contributed by atoms with van der Waals surface area (Å²) >= 11 is 0. The zero-order chi connectivity index (χ0) is 44.1. The van der Waals surface area contributed by atoms with Crippen molar-refractivity contribution in [2.75, 3.05) is 13.1 Å². The Morgan fingerprint density at radius 2 is 1.36 bits per heavy atom. The molecule has 59 heavy (non-hydrogen) atoms. The number of H-pyrrole nitrogens is 1. The lowest BCUT2D eigenvalue weighted by molar-refractivity contribution is -0.144. The molecule has 0 bridgehead atoms. The molecule has 2 rings (SSSR count). The van der Waals surface area contributed by atoms with Crippen LogP contribution in [0.25, 0.3) is 0 Å². The lowest BCUT2D eigenvalue weighted by atomic mass is 10.0. The standard InChI is InChI=1S/C36H52N10O13/c1-19(47)30(35(57)43-23(9-5-6-12-37)32(54)44-24(36(58)59)10-11-28(49)50)46-34(56)25(14-21-16-39-18-41-21)45-33(55)26(15-29(51)52)42-27(48)17-40-31(53)22(38)13-20-7-3-2-4-8-20/h2-4,7-8,16,18-19,22-26,30,47H,5-6,9-15,17,37-38H2,1H3,(H,39,41)(H,40,53)(H,42,48)(H,43,57)(H,44,54)(H,45,55)(H,46,56)(H,49,50)(H,51,52)(H,58,59)/t19-,22+,23+,24+,25+,26+,30+/m1/s1. The molecule has 0 saturated heterocycles. The van der Waals surface area contributed by atoms with E-state index in [0.29, 0.717) is 6.42 Å². The number of aromatic amines is 1. The second-order valence-electron chi connectivity index (χ2n) is 13.5. The average Bonchev–Trinajstić information content (AvgIpc) is 3.69. The van der Waals surface area contributed by atoms with Gasteiger partial charge in [0.25, 0.3) is 0 Å². The number of carbonyl (C=O) groups is 9. The minimum absolute atomic E-state index is 0.0702. The van der Waals surface area contributed by atoms with E-state index in [0.717, 1.165) is 12.5 Å². The van der Waals surface area contributed by atoms with Gasteiger partial charge in [-0.15, -0.1) is 0 Å². The molecule has 1 heterocycles. The van der Waals surface area contributed by atoms with E-state index in [4.69, 9.17) is 16.6 Å². The number of hydrogen-bond donors (Lipinski definition) is 13. The van der Waals surface area contributed by atoms with Crippen molar-refractivity contribution in [3.8, 4) is 0 Å². The first kappa shape index (κ1) is 48.7. The third-order valence-electron chi connectivity index (χ3n) is 8.59. The van der Waals surface area contributed by atoms with Crippen LogP contribution in [0.3, 0.4) is 0 Å². The van der Waals surface area contributed by atoms with Crippen LogP contribution in [0.4, 0.5) is 0 Å². The monoisotopic (exact) mass is 832 g/mol. The van der Waals surface area contributed by atoms with Gasteiger partial charge in [0, 0.05) is 19.0 Å². The molecule has 0 unspecified atom stereocenters. The number of aliphatic hydroxyl groups is 1. The lowest BCUT2D eigenvalue weighted by Gasteiger charge is -2.28. The minimum Gasteiger partial charge on any atom is -0.481 e. The van der Waals surface area contributed by atoms with Gasteiger partial charge in [-0.05, 0) is 51.1 Å². The second-order valence-corrected chi connectivity index (χ2v) is 13.5. The number of carboxylic acid groups (broad SMARTS) is 3. The van der Waals surface area contributed by atoms with E-state index in [1.54, 1.807) is 30.3 Å². The van der Waals surface area contributed by atoms with Gasteiger partial charge >= 0.3 is 17.9 Å². The van der Waals surface area contributed by atoms with Crippen molar-refractivity contribution in [2.45, 2.75) is 101 Å². The van der Waals surface area contributed by atoms with Gasteiger partial charge in [-0.2, -0.15) is 0 Å². The Balaban J connectivity index is 2.22. The fraction of sp³-hybridized carbons (Fsp3) is 0.500. The maximum atomic E-state index is 13.7. The zero-order valence-corrected chi connectivity index (χ0v) is 32.2. The molecule has 0 aliphatic carbocycles. The number of benzene rings is 1. The number of amides is 6. The van der Waals surface area contributed by atoms with Crippen molar-refractivity contribution in [1.29, 1.82) is 0 Å². The van der Waals surface area contributed by atoms with Crippen LogP contribution >= 0.6 is 0 Å². The number of unbranched alkanes of at least 4 members (excludes halogenated alkanes) is 1. The van der Waals surface area contributed by atoms with Crippen LogP contribution in [0, 0.1) is 0 Å². The van der Waals surface area contributed by atoms with Crippen molar-refractivity contribution < 1.29 is 63.6 Å². The highest BCUT2D eigenvalue weighted by Crippen LogP contribution is 2.08. The largest absolute Gasteiger partial charge is 0.481 e. The number of carboxylic acids is 3. The number of nitrogens with zero attached hydrogens (tertiary/aromatic N) is 1. The first-order chi connectivity index (χ1) is 27.9. The summed E-state index contributed by atoms with van der Waals surface area (Å²) in [6.45, 7) is 0.663. The molecule has 0 aliphatic heterocycles. The average molecular weight is 833 g/mol. The van der Waals surface area contributed by atoms with Crippen LogP contribution < -0.4 is 43.4 Å². The maximum Gasteiger partial charge on any atom is 0.326 e. The summed E-state index contributed by atoms with van der Waals surface area (Å²) in [5.74, 6) is -10.4. The third kappa shape index (κ3) is 18.1. The van der Waals surface area contributed by atoms with E-state index in [2.05, 4.69) is 41.9 Å². The van der Waals surface area contributed by atoms with Crippen LogP contribution in [0.1, 0.15) is 56.7 Å². The summed E-state index contributed by atoms with van der Waals surface area (Å²) in [5.41, 5.74) is 12.5. The Labute approximate surface area is 337 Å². The number of nitrogens with one attached hydrogen (secondary N) is 7. The molecule has 23 nitrogen and oxygen atoms in total. The van der Waals surface area contributed by atoms with E-state index in [1.807, 2.05) is 0 Å². The Hall–Kier alpha value is -6.46. The SMILES string of the molecule is C[C@@H](O)[C@H](NC(=O)[C@H](Cc1c[nH]cn1)NC(=O)[C@H](CC(=O)O)NC(=O)CNC(=O)[C@@H](N)Cc1ccccc1)C(=O)N[C@@H](CCCCN)C(=O)N[C@@H](CCC(=O)O)C(=O)O. The van der Waals surface area contributed by atoms with Crippen LogP contribution in [0.5, 0.6) is 0 Å².